The van der Waals surface area contributed by atoms with Gasteiger partial charge in [0.05, 0.1) is 24.4 Å². The fourth-order valence-corrected chi connectivity index (χ4v) is 2.76. The van der Waals surface area contributed by atoms with Crippen molar-refractivity contribution in [2.75, 3.05) is 20.3 Å². The van der Waals surface area contributed by atoms with Gasteiger partial charge in [-0.2, -0.15) is 5.10 Å². The fraction of sp³-hybridized carbons (Fsp3) is 0.222. The van der Waals surface area contributed by atoms with Gasteiger partial charge < -0.3 is 14.2 Å². The zero-order valence-corrected chi connectivity index (χ0v) is 16.6. The molecule has 0 aliphatic rings. The molecule has 2 aromatic rings. The van der Waals surface area contributed by atoms with Crippen molar-refractivity contribution in [3.63, 3.8) is 0 Å². The second-order valence-electron chi connectivity index (χ2n) is 5.00. The van der Waals surface area contributed by atoms with Gasteiger partial charge in [0.25, 0.3) is 5.91 Å². The van der Waals surface area contributed by atoms with Crippen LogP contribution in [0.25, 0.3) is 0 Å². The zero-order valence-electron chi connectivity index (χ0n) is 14.3. The third kappa shape index (κ3) is 5.93. The minimum atomic E-state index is -0.381. The van der Waals surface area contributed by atoms with Crippen molar-refractivity contribution in [1.82, 2.24) is 5.43 Å². The Morgan fingerprint density at radius 2 is 2.00 bits per heavy atom. The van der Waals surface area contributed by atoms with E-state index in [0.717, 1.165) is 10.0 Å². The summed E-state index contributed by atoms with van der Waals surface area (Å²) in [5, 5.41) is 4.52. The van der Waals surface area contributed by atoms with Crippen molar-refractivity contribution in [1.29, 1.82) is 0 Å². The number of amides is 1. The molecule has 0 aromatic heterocycles. The van der Waals surface area contributed by atoms with Crippen molar-refractivity contribution in [3.05, 3.63) is 51.5 Å². The number of ether oxygens (including phenoxy) is 3. The molecule has 0 aliphatic heterocycles. The molecule has 1 amide bonds. The summed E-state index contributed by atoms with van der Waals surface area (Å²) >= 11 is 9.21. The molecular weight excluding hydrogens is 424 g/mol. The summed E-state index contributed by atoms with van der Waals surface area (Å²) in [6.07, 6.45) is 1.51. The maximum absolute atomic E-state index is 11.8. The van der Waals surface area contributed by atoms with Gasteiger partial charge in [0, 0.05) is 5.02 Å². The van der Waals surface area contributed by atoms with Crippen LogP contribution >= 0.6 is 27.5 Å². The average Bonchev–Trinajstić information content (AvgIpc) is 2.61. The normalized spacial score (nSPS) is 10.6. The van der Waals surface area contributed by atoms with Crippen LogP contribution < -0.4 is 19.6 Å². The number of benzene rings is 2. The Balaban J connectivity index is 1.92. The SMILES string of the molecule is CCOc1cc(/C=N/NC(=O)COc2ccc(Cl)cc2)cc(Br)c1OC. The molecule has 0 saturated carbocycles. The molecule has 0 fully saturated rings. The molecule has 26 heavy (non-hydrogen) atoms. The minimum Gasteiger partial charge on any atom is -0.492 e. The largest absolute Gasteiger partial charge is 0.492 e. The number of nitrogens with one attached hydrogen (secondary N) is 1. The van der Waals surface area contributed by atoms with E-state index in [1.165, 1.54) is 6.21 Å². The highest BCUT2D eigenvalue weighted by Crippen LogP contribution is 2.36. The number of carbonyl (C=O) groups excluding carboxylic acids is 1. The van der Waals surface area contributed by atoms with Gasteiger partial charge in [0.1, 0.15) is 5.75 Å². The number of methoxy groups -OCH3 is 1. The van der Waals surface area contributed by atoms with Crippen LogP contribution in [0.5, 0.6) is 17.2 Å². The molecule has 6 nitrogen and oxygen atoms in total. The van der Waals surface area contributed by atoms with Crippen LogP contribution in [0.15, 0.2) is 46.0 Å². The topological polar surface area (TPSA) is 69.2 Å². The van der Waals surface area contributed by atoms with E-state index in [-0.39, 0.29) is 12.5 Å². The molecule has 0 spiro atoms. The van der Waals surface area contributed by atoms with Crippen molar-refractivity contribution in [3.8, 4) is 17.2 Å². The smallest absolute Gasteiger partial charge is 0.277 e. The molecule has 2 rings (SSSR count). The van der Waals surface area contributed by atoms with Crippen molar-refractivity contribution >= 4 is 39.7 Å². The van der Waals surface area contributed by atoms with E-state index >= 15 is 0 Å². The number of hydrazone groups is 1. The summed E-state index contributed by atoms with van der Waals surface area (Å²) in [5.74, 6) is 1.36. The highest BCUT2D eigenvalue weighted by atomic mass is 79.9. The summed E-state index contributed by atoms with van der Waals surface area (Å²) < 4.78 is 16.9. The van der Waals surface area contributed by atoms with E-state index in [4.69, 9.17) is 25.8 Å². The lowest BCUT2D eigenvalue weighted by atomic mass is 10.2. The first-order chi connectivity index (χ1) is 12.5. The Labute approximate surface area is 165 Å². The molecule has 0 radical (unpaired) electrons. The first kappa shape index (κ1) is 20.1. The van der Waals surface area contributed by atoms with Gasteiger partial charge in [-0.25, -0.2) is 5.43 Å². The number of hydrogen-bond donors (Lipinski definition) is 1. The third-order valence-electron chi connectivity index (χ3n) is 3.12. The van der Waals surface area contributed by atoms with E-state index in [0.29, 0.717) is 28.9 Å². The maximum Gasteiger partial charge on any atom is 0.277 e. The Morgan fingerprint density at radius 3 is 2.65 bits per heavy atom. The summed E-state index contributed by atoms with van der Waals surface area (Å²) in [6, 6.07) is 10.3. The van der Waals surface area contributed by atoms with E-state index in [1.54, 1.807) is 43.5 Å². The number of halogens is 2. The van der Waals surface area contributed by atoms with E-state index in [2.05, 4.69) is 26.5 Å². The van der Waals surface area contributed by atoms with Crippen LogP contribution in [-0.4, -0.2) is 32.4 Å². The number of hydrogen-bond acceptors (Lipinski definition) is 5. The highest BCUT2D eigenvalue weighted by molar-refractivity contribution is 9.10. The number of nitrogens with zero attached hydrogens (tertiary/aromatic N) is 1. The van der Waals surface area contributed by atoms with Crippen LogP contribution in [0, 0.1) is 0 Å². The molecule has 8 heteroatoms. The van der Waals surface area contributed by atoms with Gasteiger partial charge in [0.2, 0.25) is 0 Å². The van der Waals surface area contributed by atoms with Gasteiger partial charge in [-0.1, -0.05) is 11.6 Å². The summed E-state index contributed by atoms with van der Waals surface area (Å²) in [4.78, 5) is 11.8. The number of rotatable bonds is 8. The molecular formula is C18H18BrClN2O4. The Kier molecular flexibility index (Phi) is 7.74. The predicted molar refractivity (Wildman–Crippen MR) is 105 cm³/mol. The highest BCUT2D eigenvalue weighted by Gasteiger charge is 2.10. The lowest BCUT2D eigenvalue weighted by Crippen LogP contribution is -2.24. The summed E-state index contributed by atoms with van der Waals surface area (Å²) in [6.45, 7) is 2.23. The zero-order chi connectivity index (χ0) is 18.9. The Bertz CT molecular complexity index is 782. The standard InChI is InChI=1S/C18H18BrClN2O4/c1-3-25-16-9-12(8-15(19)18(16)24-2)10-21-22-17(23)11-26-14-6-4-13(20)5-7-14/h4-10H,3,11H2,1-2H3,(H,22,23)/b21-10+. The van der Waals surface area contributed by atoms with Gasteiger partial charge in [-0.3, -0.25) is 4.79 Å². The Morgan fingerprint density at radius 1 is 1.27 bits per heavy atom. The average molecular weight is 442 g/mol. The molecule has 1 N–H and O–H groups in total. The second-order valence-corrected chi connectivity index (χ2v) is 6.29. The molecule has 0 atom stereocenters. The first-order valence-electron chi connectivity index (χ1n) is 7.74. The number of carbonyl (C=O) groups is 1. The summed E-state index contributed by atoms with van der Waals surface area (Å²) in [5.41, 5.74) is 3.14. The van der Waals surface area contributed by atoms with Crippen LogP contribution in [0.3, 0.4) is 0 Å². The van der Waals surface area contributed by atoms with Crippen molar-refractivity contribution in [2.24, 2.45) is 5.10 Å². The van der Waals surface area contributed by atoms with Gasteiger partial charge in [-0.05, 0) is 64.8 Å². The van der Waals surface area contributed by atoms with E-state index in [1.807, 2.05) is 6.92 Å². The quantitative estimate of drug-likeness (QED) is 0.496. The van der Waals surface area contributed by atoms with Gasteiger partial charge >= 0.3 is 0 Å². The summed E-state index contributed by atoms with van der Waals surface area (Å²) in [7, 11) is 1.57. The monoisotopic (exact) mass is 440 g/mol. The van der Waals surface area contributed by atoms with E-state index in [9.17, 15) is 4.79 Å². The molecule has 0 aliphatic carbocycles. The lowest BCUT2D eigenvalue weighted by molar-refractivity contribution is -0.123. The van der Waals surface area contributed by atoms with Gasteiger partial charge in [-0.15, -0.1) is 0 Å². The molecule has 138 valence electrons. The Hall–Kier alpha value is -2.25. The third-order valence-corrected chi connectivity index (χ3v) is 3.96. The van der Waals surface area contributed by atoms with Crippen LogP contribution in [-0.2, 0) is 4.79 Å². The molecule has 0 heterocycles. The lowest BCUT2D eigenvalue weighted by Gasteiger charge is -2.11. The molecule has 2 aromatic carbocycles. The predicted octanol–water partition coefficient (Wildman–Crippen LogP) is 4.04. The van der Waals surface area contributed by atoms with Crippen molar-refractivity contribution < 1.29 is 19.0 Å². The first-order valence-corrected chi connectivity index (χ1v) is 8.91. The van der Waals surface area contributed by atoms with Crippen LogP contribution in [0.4, 0.5) is 0 Å². The van der Waals surface area contributed by atoms with E-state index < -0.39 is 0 Å². The molecule has 0 unspecified atom stereocenters. The minimum absolute atomic E-state index is 0.157. The fourth-order valence-electron chi connectivity index (χ4n) is 2.01. The molecule has 0 saturated heterocycles. The van der Waals surface area contributed by atoms with Crippen LogP contribution in [0.2, 0.25) is 5.02 Å². The van der Waals surface area contributed by atoms with Gasteiger partial charge in [0.15, 0.2) is 18.1 Å². The van der Waals surface area contributed by atoms with Crippen LogP contribution in [0.1, 0.15) is 12.5 Å². The maximum atomic E-state index is 11.8. The second kappa shape index (κ2) is 10.0. The molecule has 0 bridgehead atoms. The van der Waals surface area contributed by atoms with Crippen molar-refractivity contribution in [2.45, 2.75) is 6.92 Å².